The van der Waals surface area contributed by atoms with Gasteiger partial charge in [0.15, 0.2) is 0 Å². The van der Waals surface area contributed by atoms with E-state index in [2.05, 4.69) is 19.9 Å². The monoisotopic (exact) mass is 250 g/mol. The molecule has 0 fully saturated rings. The van der Waals surface area contributed by atoms with E-state index in [1.54, 1.807) is 0 Å². The summed E-state index contributed by atoms with van der Waals surface area (Å²) in [6.07, 6.45) is 0. The number of anilines is 2. The Hall–Kier alpha value is -2.42. The van der Waals surface area contributed by atoms with E-state index < -0.39 is 11.1 Å². The molecule has 9 heteroatoms. The predicted molar refractivity (Wildman–Crippen MR) is 65.0 cm³/mol. The van der Waals surface area contributed by atoms with Crippen molar-refractivity contribution in [1.29, 1.82) is 0 Å². The van der Waals surface area contributed by atoms with Gasteiger partial charge in [0.05, 0.1) is 10.8 Å². The summed E-state index contributed by atoms with van der Waals surface area (Å²) in [7, 11) is 0. The summed E-state index contributed by atoms with van der Waals surface area (Å²) >= 11 is 1.10. The van der Waals surface area contributed by atoms with Crippen LogP contribution in [0.25, 0.3) is 20.4 Å². The number of hydrogen-bond acceptors (Lipinski definition) is 7. The summed E-state index contributed by atoms with van der Waals surface area (Å²) in [5, 5.41) is 0.376. The number of nitrogens with two attached hydrogens (primary N) is 2. The first-order chi connectivity index (χ1) is 8.06. The molecule has 86 valence electrons. The number of hydrogen-bond donors (Lipinski definition) is 4. The second kappa shape index (κ2) is 3.04. The Balaban J connectivity index is 2.70. The van der Waals surface area contributed by atoms with Crippen molar-refractivity contribution in [3.63, 3.8) is 0 Å². The smallest absolute Gasteiger partial charge is 0.261 e. The Labute approximate surface area is 96.3 Å². The quantitative estimate of drug-likeness (QED) is 0.419. The lowest BCUT2D eigenvalue weighted by Crippen LogP contribution is -2.14. The predicted octanol–water partition coefficient (Wildman–Crippen LogP) is -0.615. The van der Waals surface area contributed by atoms with E-state index in [-0.39, 0.29) is 22.7 Å². The third-order valence-corrected chi connectivity index (χ3v) is 3.23. The number of aromatic nitrogens is 4. The highest BCUT2D eigenvalue weighted by Gasteiger charge is 2.15. The van der Waals surface area contributed by atoms with Gasteiger partial charge in [0.1, 0.15) is 9.66 Å². The zero-order valence-corrected chi connectivity index (χ0v) is 9.09. The van der Waals surface area contributed by atoms with Gasteiger partial charge in [-0.1, -0.05) is 11.3 Å². The first-order valence-electron chi connectivity index (χ1n) is 4.54. The van der Waals surface area contributed by atoms with E-state index in [9.17, 15) is 9.59 Å². The zero-order chi connectivity index (χ0) is 12.2. The molecule has 0 aliphatic carbocycles. The molecule has 3 heterocycles. The highest BCUT2D eigenvalue weighted by molar-refractivity contribution is 7.25. The third kappa shape index (κ3) is 1.29. The minimum Gasteiger partial charge on any atom is -0.369 e. The molecule has 0 spiro atoms. The molecule has 0 bridgehead atoms. The van der Waals surface area contributed by atoms with Crippen LogP contribution in [0.15, 0.2) is 9.59 Å². The fourth-order valence-corrected chi connectivity index (χ4v) is 2.68. The summed E-state index contributed by atoms with van der Waals surface area (Å²) in [6, 6.07) is 0. The normalized spacial score (nSPS) is 11.3. The maximum atomic E-state index is 11.7. The summed E-state index contributed by atoms with van der Waals surface area (Å²) in [4.78, 5) is 36.8. The van der Waals surface area contributed by atoms with Crippen LogP contribution in [0.5, 0.6) is 0 Å². The van der Waals surface area contributed by atoms with Crippen LogP contribution in [-0.4, -0.2) is 19.9 Å². The fraction of sp³-hybridized carbons (Fsp3) is 0. The fourth-order valence-electron chi connectivity index (χ4n) is 1.62. The van der Waals surface area contributed by atoms with Gasteiger partial charge < -0.3 is 11.5 Å². The Morgan fingerprint density at radius 2 is 1.29 bits per heavy atom. The van der Waals surface area contributed by atoms with Gasteiger partial charge in [-0.15, -0.1) is 0 Å². The largest absolute Gasteiger partial charge is 0.369 e. The lowest BCUT2D eigenvalue weighted by atomic mass is 10.3. The number of thiophene rings is 1. The number of aromatic amines is 2. The number of nitrogen functional groups attached to an aromatic ring is 2. The van der Waals surface area contributed by atoms with Gasteiger partial charge in [0, 0.05) is 0 Å². The number of H-pyrrole nitrogens is 2. The minimum absolute atomic E-state index is 0.00143. The van der Waals surface area contributed by atoms with Crippen LogP contribution in [0.2, 0.25) is 0 Å². The van der Waals surface area contributed by atoms with Crippen molar-refractivity contribution in [2.45, 2.75) is 0 Å². The molecule has 3 aromatic rings. The molecular weight excluding hydrogens is 244 g/mol. The van der Waals surface area contributed by atoms with Crippen LogP contribution < -0.4 is 22.6 Å². The Bertz CT molecular complexity index is 790. The number of nitrogens with one attached hydrogen (secondary N) is 2. The van der Waals surface area contributed by atoms with E-state index in [0.717, 1.165) is 11.3 Å². The SMILES string of the molecule is Nc1nc2sc3nc(N)[nH]c(=O)c3c2c(=O)[nH]1. The van der Waals surface area contributed by atoms with Crippen molar-refractivity contribution >= 4 is 43.7 Å². The van der Waals surface area contributed by atoms with Crippen LogP contribution in [0.4, 0.5) is 11.9 Å². The van der Waals surface area contributed by atoms with Crippen LogP contribution in [0.1, 0.15) is 0 Å². The molecule has 3 rings (SSSR count). The van der Waals surface area contributed by atoms with Crippen LogP contribution >= 0.6 is 11.3 Å². The van der Waals surface area contributed by atoms with Crippen molar-refractivity contribution in [2.75, 3.05) is 11.5 Å². The summed E-state index contributed by atoms with van der Waals surface area (Å²) < 4.78 is 0. The molecule has 0 saturated carbocycles. The second-order valence-electron chi connectivity index (χ2n) is 3.36. The number of fused-ring (bicyclic) bond motifs is 3. The molecule has 8 nitrogen and oxygen atoms in total. The molecule has 0 atom stereocenters. The maximum absolute atomic E-state index is 11.7. The van der Waals surface area contributed by atoms with E-state index in [1.165, 1.54) is 0 Å². The van der Waals surface area contributed by atoms with E-state index in [1.807, 2.05) is 0 Å². The Kier molecular flexibility index (Phi) is 1.75. The topological polar surface area (TPSA) is 144 Å². The van der Waals surface area contributed by atoms with Gasteiger partial charge in [-0.25, -0.2) is 9.97 Å². The molecule has 0 aliphatic rings. The zero-order valence-electron chi connectivity index (χ0n) is 8.27. The lowest BCUT2D eigenvalue weighted by molar-refractivity contribution is 1.19. The molecule has 0 aromatic carbocycles. The van der Waals surface area contributed by atoms with Crippen LogP contribution in [-0.2, 0) is 0 Å². The third-order valence-electron chi connectivity index (χ3n) is 2.25. The van der Waals surface area contributed by atoms with Crippen molar-refractivity contribution in [2.24, 2.45) is 0 Å². The molecule has 0 unspecified atom stereocenters. The maximum Gasteiger partial charge on any atom is 0.261 e. The van der Waals surface area contributed by atoms with Crippen LogP contribution in [0.3, 0.4) is 0 Å². The van der Waals surface area contributed by atoms with Gasteiger partial charge in [0.25, 0.3) is 11.1 Å². The van der Waals surface area contributed by atoms with Crippen molar-refractivity contribution in [1.82, 2.24) is 19.9 Å². The highest BCUT2D eigenvalue weighted by Crippen LogP contribution is 2.26. The van der Waals surface area contributed by atoms with Crippen molar-refractivity contribution in [3.05, 3.63) is 20.7 Å². The highest BCUT2D eigenvalue weighted by atomic mass is 32.1. The Morgan fingerprint density at radius 3 is 1.71 bits per heavy atom. The molecule has 17 heavy (non-hydrogen) atoms. The minimum atomic E-state index is -0.462. The summed E-state index contributed by atoms with van der Waals surface area (Å²) in [5.41, 5.74) is 9.92. The van der Waals surface area contributed by atoms with Crippen LogP contribution in [0, 0.1) is 0 Å². The number of nitrogens with zero attached hydrogens (tertiary/aromatic N) is 2. The standard InChI is InChI=1S/C8H6N6O2S/c9-7-11-3(15)1-2-4(16)12-8(10)14-6(2)17-5(1)13-7/h(H3,9,11,13,15)(H3,10,12,14,16). The van der Waals surface area contributed by atoms with Gasteiger partial charge in [-0.05, 0) is 0 Å². The van der Waals surface area contributed by atoms with Gasteiger partial charge >= 0.3 is 0 Å². The van der Waals surface area contributed by atoms with E-state index >= 15 is 0 Å². The Morgan fingerprint density at radius 1 is 0.882 bits per heavy atom. The molecule has 6 N–H and O–H groups in total. The molecule has 3 aromatic heterocycles. The lowest BCUT2D eigenvalue weighted by Gasteiger charge is -1.92. The molecule has 0 radical (unpaired) electrons. The van der Waals surface area contributed by atoms with Crippen molar-refractivity contribution < 1.29 is 0 Å². The molecular formula is C8H6N6O2S. The van der Waals surface area contributed by atoms with Crippen molar-refractivity contribution in [3.8, 4) is 0 Å². The molecule has 0 saturated heterocycles. The van der Waals surface area contributed by atoms with E-state index in [4.69, 9.17) is 11.5 Å². The van der Waals surface area contributed by atoms with Gasteiger partial charge in [-0.3, -0.25) is 19.6 Å². The average molecular weight is 250 g/mol. The first-order valence-corrected chi connectivity index (χ1v) is 5.35. The molecule has 0 amide bonds. The second-order valence-corrected chi connectivity index (χ2v) is 4.34. The average Bonchev–Trinajstić information content (AvgIpc) is 2.55. The first kappa shape index (κ1) is 9.78. The summed E-state index contributed by atoms with van der Waals surface area (Å²) in [6.45, 7) is 0. The van der Waals surface area contributed by atoms with Gasteiger partial charge in [-0.2, -0.15) is 0 Å². The number of rotatable bonds is 0. The van der Waals surface area contributed by atoms with E-state index in [0.29, 0.717) is 9.66 Å². The molecule has 0 aliphatic heterocycles. The van der Waals surface area contributed by atoms with Gasteiger partial charge in [0.2, 0.25) is 11.9 Å². The summed E-state index contributed by atoms with van der Waals surface area (Å²) in [5.74, 6) is -0.00286.